The first-order valence-corrected chi connectivity index (χ1v) is 10.2. The smallest absolute Gasteiger partial charge is 0.286 e. The highest BCUT2D eigenvalue weighted by atomic mass is 19.1. The van der Waals surface area contributed by atoms with Gasteiger partial charge in [-0.25, -0.2) is 4.39 Å². The molecule has 0 fully saturated rings. The van der Waals surface area contributed by atoms with Gasteiger partial charge in [-0.3, -0.25) is 14.9 Å². The van der Waals surface area contributed by atoms with Gasteiger partial charge in [0.25, 0.3) is 11.6 Å². The Morgan fingerprint density at radius 2 is 1.76 bits per heavy atom. The normalized spacial score (nSPS) is 10.4. The van der Waals surface area contributed by atoms with E-state index in [1.807, 2.05) is 0 Å². The average Bonchev–Trinajstić information content (AvgIpc) is 2.83. The van der Waals surface area contributed by atoms with Crippen molar-refractivity contribution in [1.29, 1.82) is 0 Å². The number of anilines is 1. The van der Waals surface area contributed by atoms with Gasteiger partial charge in [0.05, 0.1) is 24.7 Å². The molecule has 0 atom stereocenters. The Morgan fingerprint density at radius 1 is 1.00 bits per heavy atom. The van der Waals surface area contributed by atoms with Crippen LogP contribution in [0.1, 0.15) is 15.9 Å². The van der Waals surface area contributed by atoms with E-state index in [-0.39, 0.29) is 42.7 Å². The second-order valence-electron chi connectivity index (χ2n) is 7.02. The van der Waals surface area contributed by atoms with Crippen LogP contribution in [0.4, 0.5) is 15.8 Å². The fourth-order valence-corrected chi connectivity index (χ4v) is 3.00. The van der Waals surface area contributed by atoms with Gasteiger partial charge in [-0.05, 0) is 29.8 Å². The molecule has 0 saturated heterocycles. The highest BCUT2D eigenvalue weighted by molar-refractivity contribution is 6.07. The summed E-state index contributed by atoms with van der Waals surface area (Å²) in [5.74, 6) is -0.295. The first-order chi connectivity index (χ1) is 16.4. The molecule has 9 nitrogen and oxygen atoms in total. The number of nitro groups is 1. The van der Waals surface area contributed by atoms with Crippen LogP contribution in [0.3, 0.4) is 0 Å². The van der Waals surface area contributed by atoms with Crippen molar-refractivity contribution in [3.8, 4) is 17.2 Å². The third kappa shape index (κ3) is 6.42. The van der Waals surface area contributed by atoms with E-state index in [0.717, 1.165) is 11.6 Å². The van der Waals surface area contributed by atoms with E-state index >= 15 is 0 Å². The van der Waals surface area contributed by atoms with E-state index < -0.39 is 16.5 Å². The van der Waals surface area contributed by atoms with Crippen LogP contribution < -0.4 is 19.5 Å². The minimum absolute atomic E-state index is 0.124. The number of carbonyl (C=O) groups excluding carboxylic acids is 1. The van der Waals surface area contributed by atoms with Crippen molar-refractivity contribution in [3.05, 3.63) is 87.7 Å². The summed E-state index contributed by atoms with van der Waals surface area (Å²) in [6.45, 7) is 0.629. The molecule has 0 aromatic heterocycles. The van der Waals surface area contributed by atoms with Crippen LogP contribution in [0.5, 0.6) is 17.2 Å². The number of rotatable bonds is 11. The molecule has 3 rings (SSSR count). The minimum Gasteiger partial charge on any atom is -0.493 e. The standard InChI is InChI=1S/C24H23FN2O7/c1-31-10-11-33-23-14-21(27(29)30)20(13-22(23)32-2)24(28)26-18-4-3-5-19(12-18)34-15-16-6-8-17(25)9-7-16/h3-9,12-14H,10-11,15H2,1-2H3,(H,26,28). The molecule has 0 unspecified atom stereocenters. The predicted octanol–water partition coefficient (Wildman–Crippen LogP) is 4.60. The number of hydrogen-bond donors (Lipinski definition) is 1. The number of hydrogen-bond acceptors (Lipinski definition) is 7. The summed E-state index contributed by atoms with van der Waals surface area (Å²) in [7, 11) is 2.87. The van der Waals surface area contributed by atoms with Crippen LogP contribution in [0, 0.1) is 15.9 Å². The van der Waals surface area contributed by atoms with E-state index in [0.29, 0.717) is 11.4 Å². The van der Waals surface area contributed by atoms with Crippen molar-refractivity contribution < 1.29 is 33.1 Å². The molecule has 0 aliphatic carbocycles. The summed E-state index contributed by atoms with van der Waals surface area (Å²) < 4.78 is 34.4. The molecular formula is C24H23FN2O7. The number of nitrogens with one attached hydrogen (secondary N) is 1. The molecule has 0 heterocycles. The number of methoxy groups -OCH3 is 2. The van der Waals surface area contributed by atoms with Gasteiger partial charge in [0.1, 0.15) is 30.3 Å². The third-order valence-corrected chi connectivity index (χ3v) is 4.68. The van der Waals surface area contributed by atoms with Crippen LogP contribution in [0.25, 0.3) is 0 Å². The molecule has 34 heavy (non-hydrogen) atoms. The maximum Gasteiger partial charge on any atom is 0.286 e. The first kappa shape index (κ1) is 24.5. The van der Waals surface area contributed by atoms with E-state index in [1.165, 1.54) is 32.4 Å². The van der Waals surface area contributed by atoms with Crippen LogP contribution in [0.15, 0.2) is 60.7 Å². The highest BCUT2D eigenvalue weighted by Gasteiger charge is 2.25. The van der Waals surface area contributed by atoms with E-state index in [4.69, 9.17) is 18.9 Å². The Hall–Kier alpha value is -4.18. The number of nitrogens with zero attached hydrogens (tertiary/aromatic N) is 1. The van der Waals surface area contributed by atoms with Gasteiger partial charge in [-0.2, -0.15) is 0 Å². The summed E-state index contributed by atoms with van der Waals surface area (Å²) in [5, 5.41) is 14.2. The average molecular weight is 470 g/mol. The second-order valence-corrected chi connectivity index (χ2v) is 7.02. The highest BCUT2D eigenvalue weighted by Crippen LogP contribution is 2.35. The minimum atomic E-state index is -0.705. The molecule has 1 amide bonds. The summed E-state index contributed by atoms with van der Waals surface area (Å²) in [6, 6.07) is 14.8. The Morgan fingerprint density at radius 3 is 2.44 bits per heavy atom. The summed E-state index contributed by atoms with van der Waals surface area (Å²) in [4.78, 5) is 23.8. The zero-order valence-electron chi connectivity index (χ0n) is 18.6. The zero-order chi connectivity index (χ0) is 24.5. The molecule has 1 N–H and O–H groups in total. The lowest BCUT2D eigenvalue weighted by atomic mass is 10.1. The first-order valence-electron chi connectivity index (χ1n) is 10.2. The third-order valence-electron chi connectivity index (χ3n) is 4.68. The monoisotopic (exact) mass is 470 g/mol. The molecule has 0 radical (unpaired) electrons. The van der Waals surface area contributed by atoms with Crippen LogP contribution in [-0.4, -0.2) is 38.3 Å². The van der Waals surface area contributed by atoms with Gasteiger partial charge in [-0.15, -0.1) is 0 Å². The molecule has 0 aliphatic rings. The fourth-order valence-electron chi connectivity index (χ4n) is 3.00. The lowest BCUT2D eigenvalue weighted by Crippen LogP contribution is -2.15. The van der Waals surface area contributed by atoms with E-state index in [9.17, 15) is 19.3 Å². The van der Waals surface area contributed by atoms with Gasteiger partial charge in [-0.1, -0.05) is 18.2 Å². The topological polar surface area (TPSA) is 109 Å². The zero-order valence-corrected chi connectivity index (χ0v) is 18.6. The molecule has 0 aliphatic heterocycles. The largest absolute Gasteiger partial charge is 0.493 e. The summed E-state index contributed by atoms with van der Waals surface area (Å²) in [6.07, 6.45) is 0. The summed E-state index contributed by atoms with van der Waals surface area (Å²) in [5.41, 5.74) is 0.509. The summed E-state index contributed by atoms with van der Waals surface area (Å²) >= 11 is 0. The Bertz CT molecular complexity index is 1150. The fraction of sp³-hybridized carbons (Fsp3) is 0.208. The van der Waals surface area contributed by atoms with Gasteiger partial charge >= 0.3 is 0 Å². The van der Waals surface area contributed by atoms with Gasteiger partial charge in [0, 0.05) is 24.9 Å². The molecule has 0 saturated carbocycles. The molecule has 3 aromatic carbocycles. The van der Waals surface area contributed by atoms with Gasteiger partial charge < -0.3 is 24.3 Å². The van der Waals surface area contributed by atoms with Crippen molar-refractivity contribution in [2.45, 2.75) is 6.61 Å². The number of nitro benzene ring substituents is 1. The quantitative estimate of drug-likeness (QED) is 0.248. The molecule has 0 bridgehead atoms. The van der Waals surface area contributed by atoms with Crippen molar-refractivity contribution in [2.24, 2.45) is 0 Å². The molecular weight excluding hydrogens is 447 g/mol. The molecule has 3 aromatic rings. The number of halogens is 1. The van der Waals surface area contributed by atoms with Crippen molar-refractivity contribution in [2.75, 3.05) is 32.8 Å². The van der Waals surface area contributed by atoms with Crippen LogP contribution in [-0.2, 0) is 11.3 Å². The Kier molecular flexibility index (Phi) is 8.36. The Balaban J connectivity index is 1.77. The lowest BCUT2D eigenvalue weighted by Gasteiger charge is -2.13. The van der Waals surface area contributed by atoms with E-state index in [2.05, 4.69) is 5.32 Å². The van der Waals surface area contributed by atoms with Gasteiger partial charge in [0.2, 0.25) is 0 Å². The molecule has 178 valence electrons. The van der Waals surface area contributed by atoms with Crippen molar-refractivity contribution in [3.63, 3.8) is 0 Å². The number of carbonyl (C=O) groups is 1. The van der Waals surface area contributed by atoms with Crippen molar-refractivity contribution in [1.82, 2.24) is 0 Å². The second kappa shape index (κ2) is 11.6. The molecule has 0 spiro atoms. The van der Waals surface area contributed by atoms with Gasteiger partial charge in [0.15, 0.2) is 11.5 Å². The number of ether oxygens (including phenoxy) is 4. The van der Waals surface area contributed by atoms with Crippen LogP contribution >= 0.6 is 0 Å². The maximum absolute atomic E-state index is 13.0. The lowest BCUT2D eigenvalue weighted by molar-refractivity contribution is -0.385. The number of amides is 1. The predicted molar refractivity (Wildman–Crippen MR) is 122 cm³/mol. The number of benzene rings is 3. The molecule has 10 heteroatoms. The SMILES string of the molecule is COCCOc1cc([N+](=O)[O-])c(C(=O)Nc2cccc(OCc3ccc(F)cc3)c2)cc1OC. The Labute approximate surface area is 195 Å². The van der Waals surface area contributed by atoms with Crippen molar-refractivity contribution >= 4 is 17.3 Å². The van der Waals surface area contributed by atoms with E-state index in [1.54, 1.807) is 36.4 Å². The van der Waals surface area contributed by atoms with Crippen LogP contribution in [0.2, 0.25) is 0 Å². The maximum atomic E-state index is 13.0.